The van der Waals surface area contributed by atoms with Gasteiger partial charge in [-0.15, -0.1) is 0 Å². The Morgan fingerprint density at radius 1 is 1.47 bits per heavy atom. The maximum atomic E-state index is 9.78. The number of hydrogen-bond acceptors (Lipinski definition) is 3. The van der Waals surface area contributed by atoms with Crippen molar-refractivity contribution in [1.29, 1.82) is 0 Å². The molecule has 106 valence electrons. The molecule has 0 heterocycles. The summed E-state index contributed by atoms with van der Waals surface area (Å²) in [6.45, 7) is 4.62. The first-order valence-electron chi connectivity index (χ1n) is 6.86. The van der Waals surface area contributed by atoms with Gasteiger partial charge in [-0.2, -0.15) is 0 Å². The van der Waals surface area contributed by atoms with Crippen LogP contribution in [-0.4, -0.2) is 30.9 Å². The Hall–Kier alpha value is -0.610. The van der Waals surface area contributed by atoms with Crippen molar-refractivity contribution in [1.82, 2.24) is 5.32 Å². The van der Waals surface area contributed by atoms with E-state index in [2.05, 4.69) is 12.2 Å². The Morgan fingerprint density at radius 3 is 2.89 bits per heavy atom. The fraction of sp³-hybridized carbons (Fsp3) is 0.600. The molecular weight excluding hydrogens is 262 g/mol. The Kier molecular flexibility index (Phi) is 5.64. The SMILES string of the molecule is CC1CC1CNCC(O)COCc1ccccc1Cl. The zero-order chi connectivity index (χ0) is 13.7. The Morgan fingerprint density at radius 2 is 2.21 bits per heavy atom. The van der Waals surface area contributed by atoms with Crippen LogP contribution in [0.5, 0.6) is 0 Å². The highest BCUT2D eigenvalue weighted by atomic mass is 35.5. The van der Waals surface area contributed by atoms with Crippen LogP contribution >= 0.6 is 11.6 Å². The molecule has 1 saturated carbocycles. The Labute approximate surface area is 119 Å². The molecule has 3 unspecified atom stereocenters. The summed E-state index contributed by atoms with van der Waals surface area (Å²) in [5.74, 6) is 1.65. The van der Waals surface area contributed by atoms with E-state index in [1.807, 2.05) is 24.3 Å². The van der Waals surface area contributed by atoms with Gasteiger partial charge in [-0.25, -0.2) is 0 Å². The molecule has 0 bridgehead atoms. The van der Waals surface area contributed by atoms with Crippen molar-refractivity contribution in [2.75, 3.05) is 19.7 Å². The van der Waals surface area contributed by atoms with E-state index in [4.69, 9.17) is 16.3 Å². The highest BCUT2D eigenvalue weighted by Crippen LogP contribution is 2.36. The number of hydrogen-bond donors (Lipinski definition) is 2. The van der Waals surface area contributed by atoms with Crippen molar-refractivity contribution < 1.29 is 9.84 Å². The van der Waals surface area contributed by atoms with Crippen LogP contribution in [0.3, 0.4) is 0 Å². The third-order valence-electron chi connectivity index (χ3n) is 3.59. The quantitative estimate of drug-likeness (QED) is 0.770. The first kappa shape index (κ1) is 14.8. The monoisotopic (exact) mass is 283 g/mol. The van der Waals surface area contributed by atoms with Crippen LogP contribution in [0.15, 0.2) is 24.3 Å². The van der Waals surface area contributed by atoms with Crippen molar-refractivity contribution in [3.63, 3.8) is 0 Å². The molecule has 1 aromatic rings. The smallest absolute Gasteiger partial charge is 0.0897 e. The predicted molar refractivity (Wildman–Crippen MR) is 77.3 cm³/mol. The standard InChI is InChI=1S/C15H22ClNO2/c1-11-6-13(11)7-17-8-14(18)10-19-9-12-4-2-3-5-15(12)16/h2-5,11,13-14,17-18H,6-10H2,1H3. The van der Waals surface area contributed by atoms with Gasteiger partial charge < -0.3 is 15.2 Å². The molecule has 1 aliphatic carbocycles. The van der Waals surface area contributed by atoms with Crippen LogP contribution in [0.4, 0.5) is 0 Å². The van der Waals surface area contributed by atoms with Gasteiger partial charge in [-0.05, 0) is 36.4 Å². The number of aliphatic hydroxyl groups excluding tert-OH is 1. The molecule has 0 amide bonds. The van der Waals surface area contributed by atoms with E-state index in [0.717, 1.165) is 23.9 Å². The molecule has 0 radical (unpaired) electrons. The van der Waals surface area contributed by atoms with Gasteiger partial charge >= 0.3 is 0 Å². The minimum Gasteiger partial charge on any atom is -0.389 e. The number of aliphatic hydroxyl groups is 1. The van der Waals surface area contributed by atoms with Crippen molar-refractivity contribution in [2.45, 2.75) is 26.1 Å². The fourth-order valence-electron chi connectivity index (χ4n) is 2.10. The molecule has 2 N–H and O–H groups in total. The van der Waals surface area contributed by atoms with Crippen LogP contribution in [0, 0.1) is 11.8 Å². The fourth-order valence-corrected chi connectivity index (χ4v) is 2.29. The molecule has 0 aliphatic heterocycles. The van der Waals surface area contributed by atoms with Crippen molar-refractivity contribution in [3.8, 4) is 0 Å². The summed E-state index contributed by atoms with van der Waals surface area (Å²) in [6.07, 6.45) is 0.850. The summed E-state index contributed by atoms with van der Waals surface area (Å²) in [7, 11) is 0. The summed E-state index contributed by atoms with van der Waals surface area (Å²) < 4.78 is 5.48. The van der Waals surface area contributed by atoms with Crippen molar-refractivity contribution in [3.05, 3.63) is 34.9 Å². The second-order valence-electron chi connectivity index (χ2n) is 5.39. The predicted octanol–water partition coefficient (Wildman–Crippen LogP) is 2.46. The summed E-state index contributed by atoms with van der Waals surface area (Å²) in [5.41, 5.74) is 0.955. The van der Waals surface area contributed by atoms with E-state index in [9.17, 15) is 5.11 Å². The van der Waals surface area contributed by atoms with E-state index >= 15 is 0 Å². The van der Waals surface area contributed by atoms with Gasteiger partial charge in [0.2, 0.25) is 0 Å². The summed E-state index contributed by atoms with van der Waals surface area (Å²) in [4.78, 5) is 0. The highest BCUT2D eigenvalue weighted by Gasteiger charge is 2.31. The van der Waals surface area contributed by atoms with E-state index < -0.39 is 6.10 Å². The van der Waals surface area contributed by atoms with Crippen LogP contribution in [0.2, 0.25) is 5.02 Å². The number of benzene rings is 1. The van der Waals surface area contributed by atoms with Gasteiger partial charge in [0.1, 0.15) is 0 Å². The zero-order valence-corrected chi connectivity index (χ0v) is 12.1. The summed E-state index contributed by atoms with van der Waals surface area (Å²) in [6, 6.07) is 7.60. The molecule has 0 spiro atoms. The molecule has 19 heavy (non-hydrogen) atoms. The minimum absolute atomic E-state index is 0.332. The van der Waals surface area contributed by atoms with Crippen LogP contribution in [0.25, 0.3) is 0 Å². The van der Waals surface area contributed by atoms with E-state index in [-0.39, 0.29) is 0 Å². The average Bonchev–Trinajstić information content (AvgIpc) is 3.08. The number of rotatable bonds is 8. The lowest BCUT2D eigenvalue weighted by molar-refractivity contribution is 0.0288. The molecular formula is C15H22ClNO2. The third kappa shape index (κ3) is 5.11. The highest BCUT2D eigenvalue weighted by molar-refractivity contribution is 6.31. The first-order valence-corrected chi connectivity index (χ1v) is 7.24. The minimum atomic E-state index is -0.462. The molecule has 3 nitrogen and oxygen atoms in total. The molecule has 0 saturated heterocycles. The molecule has 4 heteroatoms. The number of halogens is 1. The summed E-state index contributed by atoms with van der Waals surface area (Å²) in [5, 5.41) is 13.8. The maximum absolute atomic E-state index is 9.78. The second kappa shape index (κ2) is 7.25. The van der Waals surface area contributed by atoms with Crippen LogP contribution in [-0.2, 0) is 11.3 Å². The van der Waals surface area contributed by atoms with Gasteiger partial charge in [-0.1, -0.05) is 36.7 Å². The van der Waals surface area contributed by atoms with Gasteiger partial charge in [0.25, 0.3) is 0 Å². The van der Waals surface area contributed by atoms with E-state index in [0.29, 0.717) is 24.8 Å². The first-order chi connectivity index (χ1) is 9.16. The van der Waals surface area contributed by atoms with E-state index in [1.54, 1.807) is 0 Å². The topological polar surface area (TPSA) is 41.5 Å². The lowest BCUT2D eigenvalue weighted by Gasteiger charge is -2.12. The van der Waals surface area contributed by atoms with Gasteiger partial charge in [0, 0.05) is 11.6 Å². The second-order valence-corrected chi connectivity index (χ2v) is 5.80. The van der Waals surface area contributed by atoms with Gasteiger partial charge in [-0.3, -0.25) is 0 Å². The summed E-state index contributed by atoms with van der Waals surface area (Å²) >= 11 is 6.02. The van der Waals surface area contributed by atoms with Crippen LogP contribution in [0.1, 0.15) is 18.9 Å². The molecule has 1 fully saturated rings. The normalized spacial score (nSPS) is 23.3. The van der Waals surface area contributed by atoms with Crippen molar-refractivity contribution in [2.24, 2.45) is 11.8 Å². The average molecular weight is 284 g/mol. The Balaban J connectivity index is 1.56. The largest absolute Gasteiger partial charge is 0.389 e. The molecule has 2 rings (SSSR count). The van der Waals surface area contributed by atoms with Gasteiger partial charge in [0.05, 0.1) is 19.3 Å². The lowest BCUT2D eigenvalue weighted by Crippen LogP contribution is -2.31. The van der Waals surface area contributed by atoms with E-state index in [1.165, 1.54) is 6.42 Å². The van der Waals surface area contributed by atoms with Crippen LogP contribution < -0.4 is 5.32 Å². The van der Waals surface area contributed by atoms with Gasteiger partial charge in [0.15, 0.2) is 0 Å². The maximum Gasteiger partial charge on any atom is 0.0897 e. The molecule has 1 aromatic carbocycles. The number of ether oxygens (including phenoxy) is 1. The third-order valence-corrected chi connectivity index (χ3v) is 3.96. The molecule has 1 aliphatic rings. The van der Waals surface area contributed by atoms with Crippen molar-refractivity contribution >= 4 is 11.6 Å². The zero-order valence-electron chi connectivity index (χ0n) is 11.3. The Bertz CT molecular complexity index is 399. The molecule has 0 aromatic heterocycles. The number of nitrogens with one attached hydrogen (secondary N) is 1. The lowest BCUT2D eigenvalue weighted by atomic mass is 10.2. The molecule has 3 atom stereocenters.